The summed E-state index contributed by atoms with van der Waals surface area (Å²) in [5.74, 6) is -2.60. The first kappa shape index (κ1) is 40.4. The molecule has 2 aliphatic heterocycles. The van der Waals surface area contributed by atoms with E-state index in [4.69, 9.17) is 5.73 Å². The van der Waals surface area contributed by atoms with Crippen LogP contribution in [0.15, 0.2) is 0 Å². The molecule has 6 fully saturated rings. The van der Waals surface area contributed by atoms with E-state index in [1.807, 2.05) is 25.7 Å². The standard InChI is InChI=1S/C41H67N7O6/c1-37(2,3)31(46-36(54)45-29(26-15-9-8-10-16-26)34(52)47-20-19-43-38(4,5)23-47)35(53)48-24-41(39(6,7)40(41)17-12-18-40)22-28(48)33(51)44-27(30(49)32(42)50)21-25-13-11-14-25/h25-29,31,43H,8-24H2,1-7H3,(H2,42,50)(H,44,51)(H2,45,46,54). The summed E-state index contributed by atoms with van der Waals surface area (Å²) in [5.41, 5.74) is 4.08. The summed E-state index contributed by atoms with van der Waals surface area (Å²) in [6.45, 7) is 16.4. The quantitative estimate of drug-likeness (QED) is 0.201. The van der Waals surface area contributed by atoms with Crippen molar-refractivity contribution in [1.29, 1.82) is 0 Å². The molecule has 0 aromatic carbocycles. The number of carbonyl (C=O) groups is 6. The lowest BCUT2D eigenvalue weighted by Gasteiger charge is -2.42. The van der Waals surface area contributed by atoms with Crippen molar-refractivity contribution in [2.75, 3.05) is 26.2 Å². The average Bonchev–Trinajstić information content (AvgIpc) is 3.27. The zero-order valence-corrected chi connectivity index (χ0v) is 33.9. The van der Waals surface area contributed by atoms with E-state index in [1.54, 1.807) is 4.90 Å². The van der Waals surface area contributed by atoms with Gasteiger partial charge in [-0.15, -0.1) is 0 Å². The van der Waals surface area contributed by atoms with Crippen LogP contribution in [0.3, 0.4) is 0 Å². The van der Waals surface area contributed by atoms with Crippen molar-refractivity contribution in [3.8, 4) is 0 Å². The summed E-state index contributed by atoms with van der Waals surface area (Å²) < 4.78 is 0. The van der Waals surface area contributed by atoms with E-state index in [0.29, 0.717) is 39.0 Å². The minimum atomic E-state index is -1.08. The van der Waals surface area contributed by atoms with Gasteiger partial charge in [-0.05, 0) is 80.5 Å². The van der Waals surface area contributed by atoms with Crippen molar-refractivity contribution >= 4 is 35.4 Å². The molecule has 0 aromatic rings. The lowest BCUT2D eigenvalue weighted by Crippen LogP contribution is -2.64. The number of nitrogens with two attached hydrogens (primary N) is 1. The first-order valence-corrected chi connectivity index (χ1v) is 20.8. The second-order valence-electron chi connectivity index (χ2n) is 20.0. The normalized spacial score (nSPS) is 29.0. The van der Waals surface area contributed by atoms with Crippen LogP contribution in [0.25, 0.3) is 0 Å². The Morgan fingerprint density at radius 1 is 0.815 bits per heavy atom. The van der Waals surface area contributed by atoms with Gasteiger partial charge in [0, 0.05) is 37.1 Å². The van der Waals surface area contributed by atoms with Crippen molar-refractivity contribution in [3.63, 3.8) is 0 Å². The first-order chi connectivity index (χ1) is 25.2. The Morgan fingerprint density at radius 3 is 2.00 bits per heavy atom. The number of nitrogens with zero attached hydrogens (tertiary/aromatic N) is 2. The van der Waals surface area contributed by atoms with Crippen LogP contribution in [0, 0.1) is 33.5 Å². The Hall–Kier alpha value is -3.22. The van der Waals surface area contributed by atoms with Gasteiger partial charge in [0.15, 0.2) is 0 Å². The molecule has 2 saturated heterocycles. The molecule has 2 heterocycles. The predicted molar refractivity (Wildman–Crippen MR) is 205 cm³/mol. The number of hydrogen-bond donors (Lipinski definition) is 5. The minimum absolute atomic E-state index is 0.00272. The number of urea groups is 1. The fourth-order valence-corrected chi connectivity index (χ4v) is 11.3. The van der Waals surface area contributed by atoms with Gasteiger partial charge in [-0.25, -0.2) is 4.79 Å². The smallest absolute Gasteiger partial charge is 0.316 e. The number of rotatable bonds is 11. The molecule has 6 rings (SSSR count). The molecule has 13 heteroatoms. The van der Waals surface area contributed by atoms with Gasteiger partial charge < -0.3 is 36.8 Å². The van der Waals surface area contributed by atoms with E-state index in [1.165, 1.54) is 0 Å². The molecular weight excluding hydrogens is 686 g/mol. The first-order valence-electron chi connectivity index (χ1n) is 20.8. The number of piperazine rings is 1. The third-order valence-electron chi connectivity index (χ3n) is 15.0. The second-order valence-corrected chi connectivity index (χ2v) is 20.0. The number of amides is 6. The molecule has 2 spiro atoms. The molecule has 302 valence electrons. The molecule has 54 heavy (non-hydrogen) atoms. The SMILES string of the molecule is CC1(C)CN(C(=O)C(NC(=O)NC(C(=O)N2CC3(CC2C(=O)NC(CC2CCC2)C(=O)C(N)=O)C(C)(C)C32CCC2)C(C)(C)C)C2CCCCC2)CCN1. The highest BCUT2D eigenvalue weighted by Crippen LogP contribution is 2.88. The van der Waals surface area contributed by atoms with E-state index in [2.05, 4.69) is 49.0 Å². The molecule has 0 bridgehead atoms. The number of Topliss-reactive ketones (excluding diaryl/α,β-unsaturated/α-hetero) is 1. The van der Waals surface area contributed by atoms with E-state index in [-0.39, 0.29) is 45.4 Å². The lowest BCUT2D eigenvalue weighted by atomic mass is 9.73. The summed E-state index contributed by atoms with van der Waals surface area (Å²) in [7, 11) is 0. The predicted octanol–water partition coefficient (Wildman–Crippen LogP) is 3.39. The molecule has 6 aliphatic rings. The highest BCUT2D eigenvalue weighted by atomic mass is 16.2. The Kier molecular flexibility index (Phi) is 11.0. The number of hydrogen-bond acceptors (Lipinski definition) is 7. The molecule has 6 amide bonds. The van der Waals surface area contributed by atoms with Crippen molar-refractivity contribution in [3.05, 3.63) is 0 Å². The zero-order valence-electron chi connectivity index (χ0n) is 33.9. The van der Waals surface area contributed by atoms with Crippen molar-refractivity contribution in [2.24, 2.45) is 39.2 Å². The van der Waals surface area contributed by atoms with Gasteiger partial charge in [-0.2, -0.15) is 0 Å². The van der Waals surface area contributed by atoms with E-state index in [9.17, 15) is 28.8 Å². The topological polar surface area (TPSA) is 183 Å². The van der Waals surface area contributed by atoms with Gasteiger partial charge >= 0.3 is 6.03 Å². The third-order valence-corrected chi connectivity index (χ3v) is 15.0. The van der Waals surface area contributed by atoms with Crippen molar-refractivity contribution in [1.82, 2.24) is 31.1 Å². The number of likely N-dealkylation sites (tertiary alicyclic amines) is 1. The van der Waals surface area contributed by atoms with Gasteiger partial charge in [-0.1, -0.05) is 79.6 Å². The Balaban J connectivity index is 1.24. The molecule has 5 unspecified atom stereocenters. The molecule has 13 nitrogen and oxygen atoms in total. The highest BCUT2D eigenvalue weighted by Gasteiger charge is 2.85. The summed E-state index contributed by atoms with van der Waals surface area (Å²) in [5, 5.41) is 12.4. The monoisotopic (exact) mass is 754 g/mol. The number of carbonyl (C=O) groups excluding carboxylic acids is 6. The summed E-state index contributed by atoms with van der Waals surface area (Å²) in [4.78, 5) is 86.1. The molecule has 0 radical (unpaired) electrons. The van der Waals surface area contributed by atoms with Crippen LogP contribution in [-0.4, -0.2) is 101 Å². The fraction of sp³-hybridized carbons (Fsp3) is 0.854. The van der Waals surface area contributed by atoms with E-state index in [0.717, 1.165) is 70.6 Å². The van der Waals surface area contributed by atoms with Crippen LogP contribution in [0.2, 0.25) is 0 Å². The molecular formula is C41H67N7O6. The Bertz CT molecular complexity index is 1510. The molecule has 0 aromatic heterocycles. The van der Waals surface area contributed by atoms with Crippen LogP contribution >= 0.6 is 0 Å². The average molecular weight is 754 g/mol. The number of nitrogens with one attached hydrogen (secondary N) is 4. The summed E-state index contributed by atoms with van der Waals surface area (Å²) >= 11 is 0. The highest BCUT2D eigenvalue weighted by molar-refractivity contribution is 6.37. The molecule has 6 N–H and O–H groups in total. The van der Waals surface area contributed by atoms with Crippen LogP contribution < -0.4 is 27.0 Å². The minimum Gasteiger partial charge on any atom is -0.363 e. The van der Waals surface area contributed by atoms with Crippen LogP contribution in [-0.2, 0) is 24.0 Å². The van der Waals surface area contributed by atoms with E-state index < -0.39 is 53.2 Å². The summed E-state index contributed by atoms with van der Waals surface area (Å²) in [6.07, 6.45) is 11.6. The molecule has 5 atom stereocenters. The van der Waals surface area contributed by atoms with Gasteiger partial charge in [0.1, 0.15) is 18.1 Å². The van der Waals surface area contributed by atoms with Crippen LogP contribution in [0.4, 0.5) is 4.79 Å². The van der Waals surface area contributed by atoms with Crippen molar-refractivity contribution in [2.45, 2.75) is 162 Å². The maximum absolute atomic E-state index is 15.0. The fourth-order valence-electron chi connectivity index (χ4n) is 11.3. The van der Waals surface area contributed by atoms with Crippen molar-refractivity contribution < 1.29 is 28.8 Å². The summed E-state index contributed by atoms with van der Waals surface area (Å²) in [6, 6.07) is -4.24. The van der Waals surface area contributed by atoms with Gasteiger partial charge in [-0.3, -0.25) is 24.0 Å². The second kappa shape index (κ2) is 14.7. The number of ketones is 1. The molecule has 4 saturated carbocycles. The van der Waals surface area contributed by atoms with E-state index >= 15 is 0 Å². The largest absolute Gasteiger partial charge is 0.363 e. The van der Waals surface area contributed by atoms with Crippen LogP contribution in [0.1, 0.15) is 132 Å². The van der Waals surface area contributed by atoms with Gasteiger partial charge in [0.25, 0.3) is 5.91 Å². The van der Waals surface area contributed by atoms with Gasteiger partial charge in [0.05, 0.1) is 6.04 Å². The Labute approximate surface area is 321 Å². The van der Waals surface area contributed by atoms with Crippen LogP contribution in [0.5, 0.6) is 0 Å². The zero-order chi connectivity index (χ0) is 39.4. The third kappa shape index (κ3) is 7.27. The maximum Gasteiger partial charge on any atom is 0.316 e. The molecule has 4 aliphatic carbocycles. The maximum atomic E-state index is 15.0. The number of fused-ring (bicyclic) bond motifs is 1. The van der Waals surface area contributed by atoms with Gasteiger partial charge in [0.2, 0.25) is 23.5 Å². The Morgan fingerprint density at radius 2 is 1.48 bits per heavy atom. The lowest BCUT2D eigenvalue weighted by molar-refractivity contribution is -0.143. The number of primary amides is 1.